The van der Waals surface area contributed by atoms with Crippen LogP contribution in [0, 0.1) is 17.7 Å². The van der Waals surface area contributed by atoms with Gasteiger partial charge in [-0.15, -0.1) is 0 Å². The summed E-state index contributed by atoms with van der Waals surface area (Å²) in [6, 6.07) is 13.9. The number of rotatable bonds is 10. The number of unbranched alkanes of at least 4 members (excludes halogenated alkanes) is 2. The highest BCUT2D eigenvalue weighted by atomic mass is 19.1. The molecular formula is C27H37FO. The molecule has 2 heteroatoms. The fraction of sp³-hybridized carbons (Fsp3) is 0.556. The lowest BCUT2D eigenvalue weighted by atomic mass is 9.78. The molecule has 0 amide bonds. The summed E-state index contributed by atoms with van der Waals surface area (Å²) in [6.07, 6.45) is 14.1. The average Bonchev–Trinajstić information content (AvgIpc) is 2.75. The number of hydrogen-bond donors (Lipinski definition) is 1. The van der Waals surface area contributed by atoms with Crippen molar-refractivity contribution in [1.29, 1.82) is 0 Å². The third kappa shape index (κ3) is 6.67. The van der Waals surface area contributed by atoms with Crippen LogP contribution in [0.4, 0.5) is 4.39 Å². The number of hydrogen-bond acceptors (Lipinski definition) is 1. The van der Waals surface area contributed by atoms with Crippen LogP contribution >= 0.6 is 0 Å². The molecule has 1 aliphatic carbocycles. The molecule has 158 valence electrons. The summed E-state index contributed by atoms with van der Waals surface area (Å²) in [5, 5.41) is 9.00. The van der Waals surface area contributed by atoms with E-state index in [0.717, 1.165) is 29.4 Å². The fourth-order valence-electron chi connectivity index (χ4n) is 4.78. The summed E-state index contributed by atoms with van der Waals surface area (Å²) in [4.78, 5) is 0. The van der Waals surface area contributed by atoms with Crippen LogP contribution in [0.2, 0.25) is 0 Å². The van der Waals surface area contributed by atoms with Gasteiger partial charge in [-0.25, -0.2) is 4.39 Å². The summed E-state index contributed by atoms with van der Waals surface area (Å²) >= 11 is 0. The predicted molar refractivity (Wildman–Crippen MR) is 121 cm³/mol. The minimum atomic E-state index is -0.231. The van der Waals surface area contributed by atoms with E-state index in [-0.39, 0.29) is 12.4 Å². The SMILES string of the molecule is CCCCCC1CCC(CCc2ccc(-c3ccc(CCO)c(F)c3)cc2)CC1. The molecule has 1 saturated carbocycles. The van der Waals surface area contributed by atoms with Crippen molar-refractivity contribution in [3.05, 3.63) is 59.4 Å². The van der Waals surface area contributed by atoms with Gasteiger partial charge in [-0.2, -0.15) is 0 Å². The Morgan fingerprint density at radius 2 is 1.48 bits per heavy atom. The van der Waals surface area contributed by atoms with Gasteiger partial charge in [0.2, 0.25) is 0 Å². The summed E-state index contributed by atoms with van der Waals surface area (Å²) in [5.74, 6) is 1.65. The Morgan fingerprint density at radius 1 is 0.828 bits per heavy atom. The van der Waals surface area contributed by atoms with Gasteiger partial charge in [0.15, 0.2) is 0 Å². The van der Waals surface area contributed by atoms with Crippen LogP contribution in [0.1, 0.15) is 75.8 Å². The van der Waals surface area contributed by atoms with Crippen molar-refractivity contribution in [1.82, 2.24) is 0 Å². The van der Waals surface area contributed by atoms with Crippen molar-refractivity contribution >= 4 is 0 Å². The maximum atomic E-state index is 14.1. The molecule has 1 N–H and O–H groups in total. The Balaban J connectivity index is 1.46. The van der Waals surface area contributed by atoms with Crippen molar-refractivity contribution in [2.75, 3.05) is 6.61 Å². The third-order valence-corrected chi connectivity index (χ3v) is 6.74. The van der Waals surface area contributed by atoms with Gasteiger partial charge in [0.25, 0.3) is 0 Å². The molecule has 3 rings (SSSR count). The van der Waals surface area contributed by atoms with Gasteiger partial charge < -0.3 is 5.11 Å². The topological polar surface area (TPSA) is 20.2 Å². The quantitative estimate of drug-likeness (QED) is 0.416. The molecule has 2 aromatic rings. The number of aliphatic hydroxyl groups is 1. The van der Waals surface area contributed by atoms with Crippen molar-refractivity contribution in [2.45, 2.75) is 77.6 Å². The summed E-state index contributed by atoms with van der Waals surface area (Å²) in [6.45, 7) is 2.27. The van der Waals surface area contributed by atoms with E-state index in [9.17, 15) is 4.39 Å². The third-order valence-electron chi connectivity index (χ3n) is 6.74. The Labute approximate surface area is 176 Å². The molecule has 0 unspecified atom stereocenters. The van der Waals surface area contributed by atoms with E-state index in [1.54, 1.807) is 12.1 Å². The summed E-state index contributed by atoms with van der Waals surface area (Å²) in [7, 11) is 0. The normalized spacial score (nSPS) is 19.4. The highest BCUT2D eigenvalue weighted by molar-refractivity contribution is 5.64. The van der Waals surface area contributed by atoms with E-state index < -0.39 is 0 Å². The first kappa shape index (κ1) is 22.0. The molecule has 1 nitrogen and oxygen atoms in total. The Bertz CT molecular complexity index is 729. The molecule has 1 fully saturated rings. The van der Waals surface area contributed by atoms with Crippen molar-refractivity contribution in [3.8, 4) is 11.1 Å². The van der Waals surface area contributed by atoms with Gasteiger partial charge in [0, 0.05) is 6.61 Å². The minimum absolute atomic E-state index is 0.0224. The smallest absolute Gasteiger partial charge is 0.127 e. The van der Waals surface area contributed by atoms with Gasteiger partial charge in [0.1, 0.15) is 5.82 Å². The molecule has 0 aliphatic heterocycles. The van der Waals surface area contributed by atoms with Gasteiger partial charge in [0.05, 0.1) is 0 Å². The van der Waals surface area contributed by atoms with E-state index in [0.29, 0.717) is 12.0 Å². The number of benzene rings is 2. The summed E-state index contributed by atoms with van der Waals surface area (Å²) < 4.78 is 14.1. The minimum Gasteiger partial charge on any atom is -0.396 e. The predicted octanol–water partition coefficient (Wildman–Crippen LogP) is 7.35. The van der Waals surface area contributed by atoms with Crippen LogP contribution in [0.5, 0.6) is 0 Å². The largest absolute Gasteiger partial charge is 0.396 e. The van der Waals surface area contributed by atoms with Crippen LogP contribution in [0.25, 0.3) is 11.1 Å². The molecule has 0 heterocycles. The first-order valence-corrected chi connectivity index (χ1v) is 11.7. The van der Waals surface area contributed by atoms with Gasteiger partial charge in [-0.05, 0) is 59.4 Å². The van der Waals surface area contributed by atoms with E-state index in [2.05, 4.69) is 31.2 Å². The lowest BCUT2D eigenvalue weighted by Crippen LogP contribution is -2.15. The van der Waals surface area contributed by atoms with Crippen molar-refractivity contribution in [2.24, 2.45) is 11.8 Å². The average molecular weight is 397 g/mol. The molecule has 0 radical (unpaired) electrons. The zero-order valence-electron chi connectivity index (χ0n) is 18.0. The molecule has 29 heavy (non-hydrogen) atoms. The number of halogens is 1. The zero-order valence-corrected chi connectivity index (χ0v) is 18.0. The molecule has 0 bridgehead atoms. The zero-order chi connectivity index (χ0) is 20.5. The molecule has 0 aromatic heterocycles. The van der Waals surface area contributed by atoms with Gasteiger partial charge in [-0.1, -0.05) is 94.7 Å². The van der Waals surface area contributed by atoms with Gasteiger partial charge in [-0.3, -0.25) is 0 Å². The second-order valence-electron chi connectivity index (χ2n) is 8.90. The van der Waals surface area contributed by atoms with E-state index in [1.165, 1.54) is 63.4 Å². The molecule has 2 aromatic carbocycles. The van der Waals surface area contributed by atoms with Crippen molar-refractivity contribution in [3.63, 3.8) is 0 Å². The monoisotopic (exact) mass is 396 g/mol. The first-order chi connectivity index (χ1) is 14.2. The second kappa shape index (κ2) is 11.5. The van der Waals surface area contributed by atoms with E-state index >= 15 is 0 Å². The molecule has 0 saturated heterocycles. The molecule has 0 atom stereocenters. The molecule has 1 aliphatic rings. The van der Waals surface area contributed by atoms with E-state index in [1.807, 2.05) is 6.07 Å². The number of aliphatic hydroxyl groups excluding tert-OH is 1. The van der Waals surface area contributed by atoms with Crippen molar-refractivity contribution < 1.29 is 9.50 Å². The first-order valence-electron chi connectivity index (χ1n) is 11.7. The van der Waals surface area contributed by atoms with Crippen LogP contribution < -0.4 is 0 Å². The number of aryl methyl sites for hydroxylation is 1. The Morgan fingerprint density at radius 3 is 2.10 bits per heavy atom. The summed E-state index contributed by atoms with van der Waals surface area (Å²) in [5.41, 5.74) is 3.91. The Kier molecular flexibility index (Phi) is 8.73. The van der Waals surface area contributed by atoms with Crippen LogP contribution in [-0.2, 0) is 12.8 Å². The Hall–Kier alpha value is -1.67. The van der Waals surface area contributed by atoms with Gasteiger partial charge >= 0.3 is 0 Å². The maximum absolute atomic E-state index is 14.1. The van der Waals surface area contributed by atoms with Crippen LogP contribution in [0.15, 0.2) is 42.5 Å². The van der Waals surface area contributed by atoms with E-state index in [4.69, 9.17) is 5.11 Å². The maximum Gasteiger partial charge on any atom is 0.127 e. The molecular weight excluding hydrogens is 359 g/mol. The fourth-order valence-corrected chi connectivity index (χ4v) is 4.78. The lowest BCUT2D eigenvalue weighted by molar-refractivity contribution is 0.249. The lowest BCUT2D eigenvalue weighted by Gasteiger charge is -2.28. The van der Waals surface area contributed by atoms with Crippen LogP contribution in [0.3, 0.4) is 0 Å². The highest BCUT2D eigenvalue weighted by Crippen LogP contribution is 2.34. The molecule has 0 spiro atoms. The standard InChI is InChI=1S/C27H37FO/c1-2-3-4-5-21-6-8-22(9-7-21)10-11-23-12-14-24(15-13-23)26-17-16-25(18-19-29)27(28)20-26/h12-17,20-22,29H,2-11,18-19H2,1H3. The second-order valence-corrected chi connectivity index (χ2v) is 8.90. The van der Waals surface area contributed by atoms with Crippen LogP contribution in [-0.4, -0.2) is 11.7 Å². The highest BCUT2D eigenvalue weighted by Gasteiger charge is 2.20.